The zero-order valence-electron chi connectivity index (χ0n) is 15.8. The Morgan fingerprint density at radius 3 is 2.78 bits per heavy atom. The van der Waals surface area contributed by atoms with E-state index in [0.29, 0.717) is 11.7 Å². The highest BCUT2D eigenvalue weighted by atomic mass is 35.5. The molecule has 3 heterocycles. The standard InChI is InChI=1S/C20H28ClN5O/c1-2-22-20(24-14-16-8-9-19(21)23-13-16)25-15-17(18-7-6-12-27-18)26-10-4-3-5-11-26/h6-9,12-13,17H,2-5,10-11,14-15H2,1H3,(H2,22,24,25). The van der Waals surface area contributed by atoms with Crippen LogP contribution in [0, 0.1) is 0 Å². The second-order valence-corrected chi connectivity index (χ2v) is 7.08. The van der Waals surface area contributed by atoms with Crippen LogP contribution in [-0.2, 0) is 6.54 Å². The number of guanidine groups is 1. The van der Waals surface area contributed by atoms with Crippen molar-refractivity contribution < 1.29 is 4.42 Å². The third-order valence-corrected chi connectivity index (χ3v) is 4.94. The van der Waals surface area contributed by atoms with Crippen molar-refractivity contribution in [2.24, 2.45) is 4.99 Å². The molecule has 1 saturated heterocycles. The van der Waals surface area contributed by atoms with E-state index in [1.54, 1.807) is 18.5 Å². The molecule has 6 nitrogen and oxygen atoms in total. The lowest BCUT2D eigenvalue weighted by Gasteiger charge is -2.33. The number of aliphatic imine (C=N–C) groups is 1. The summed E-state index contributed by atoms with van der Waals surface area (Å²) in [6.07, 6.45) is 7.31. The maximum atomic E-state index is 5.85. The Hall–Kier alpha value is -2.05. The number of pyridine rings is 1. The highest BCUT2D eigenvalue weighted by Gasteiger charge is 2.24. The van der Waals surface area contributed by atoms with E-state index >= 15 is 0 Å². The van der Waals surface area contributed by atoms with Gasteiger partial charge >= 0.3 is 0 Å². The molecule has 7 heteroatoms. The van der Waals surface area contributed by atoms with Gasteiger partial charge in [0, 0.05) is 19.3 Å². The molecular weight excluding hydrogens is 362 g/mol. The van der Waals surface area contributed by atoms with Crippen LogP contribution in [0.2, 0.25) is 5.15 Å². The normalized spacial score (nSPS) is 16.9. The molecule has 0 aromatic carbocycles. The Balaban J connectivity index is 1.64. The summed E-state index contributed by atoms with van der Waals surface area (Å²) >= 11 is 5.85. The zero-order chi connectivity index (χ0) is 18.9. The molecule has 1 unspecified atom stereocenters. The quantitative estimate of drug-likeness (QED) is 0.430. The maximum absolute atomic E-state index is 5.85. The molecule has 27 heavy (non-hydrogen) atoms. The Labute approximate surface area is 166 Å². The molecule has 146 valence electrons. The molecule has 0 radical (unpaired) electrons. The van der Waals surface area contributed by atoms with Gasteiger partial charge in [-0.2, -0.15) is 0 Å². The molecular formula is C20H28ClN5O. The van der Waals surface area contributed by atoms with Crippen molar-refractivity contribution in [1.29, 1.82) is 0 Å². The lowest BCUT2D eigenvalue weighted by Crippen LogP contribution is -2.44. The van der Waals surface area contributed by atoms with E-state index in [1.165, 1.54) is 19.3 Å². The molecule has 1 fully saturated rings. The predicted molar refractivity (Wildman–Crippen MR) is 109 cm³/mol. The first-order chi connectivity index (χ1) is 13.3. The minimum Gasteiger partial charge on any atom is -0.468 e. The van der Waals surface area contributed by atoms with Crippen LogP contribution < -0.4 is 10.6 Å². The summed E-state index contributed by atoms with van der Waals surface area (Å²) in [5, 5.41) is 7.29. The lowest BCUT2D eigenvalue weighted by molar-refractivity contribution is 0.146. The number of nitrogens with one attached hydrogen (secondary N) is 2. The first kappa shape index (κ1) is 19.7. The van der Waals surface area contributed by atoms with Crippen LogP contribution in [0.25, 0.3) is 0 Å². The molecule has 2 N–H and O–H groups in total. The number of aromatic nitrogens is 1. The number of likely N-dealkylation sites (tertiary alicyclic amines) is 1. The van der Waals surface area contributed by atoms with Gasteiger partial charge in [0.1, 0.15) is 10.9 Å². The molecule has 0 spiro atoms. The number of piperidine rings is 1. The Morgan fingerprint density at radius 1 is 1.26 bits per heavy atom. The Kier molecular flexibility index (Phi) is 7.54. The average Bonchev–Trinajstić information content (AvgIpc) is 3.23. The molecule has 0 amide bonds. The summed E-state index contributed by atoms with van der Waals surface area (Å²) in [6, 6.07) is 7.96. The maximum Gasteiger partial charge on any atom is 0.191 e. The summed E-state index contributed by atoms with van der Waals surface area (Å²) in [5.41, 5.74) is 1.02. The SMILES string of the molecule is CCNC(=NCc1ccc(Cl)nc1)NCC(c1ccco1)N1CCCCC1. The summed E-state index contributed by atoms with van der Waals surface area (Å²) in [5.74, 6) is 1.79. The van der Waals surface area contributed by atoms with Crippen LogP contribution in [-0.4, -0.2) is 42.0 Å². The highest BCUT2D eigenvalue weighted by molar-refractivity contribution is 6.29. The van der Waals surface area contributed by atoms with Gasteiger partial charge in [-0.3, -0.25) is 4.90 Å². The van der Waals surface area contributed by atoms with Gasteiger partial charge in [0.25, 0.3) is 0 Å². The van der Waals surface area contributed by atoms with E-state index < -0.39 is 0 Å². The fourth-order valence-electron chi connectivity index (χ4n) is 3.33. The number of furan rings is 1. The van der Waals surface area contributed by atoms with Gasteiger partial charge in [-0.15, -0.1) is 0 Å². The van der Waals surface area contributed by atoms with Gasteiger partial charge in [0.05, 0.1) is 18.8 Å². The van der Waals surface area contributed by atoms with Crippen LogP contribution in [0.5, 0.6) is 0 Å². The van der Waals surface area contributed by atoms with Crippen LogP contribution in [0.1, 0.15) is 43.6 Å². The van der Waals surface area contributed by atoms with E-state index in [4.69, 9.17) is 16.0 Å². The molecule has 0 bridgehead atoms. The zero-order valence-corrected chi connectivity index (χ0v) is 16.6. The van der Waals surface area contributed by atoms with Gasteiger partial charge in [0.2, 0.25) is 0 Å². The van der Waals surface area contributed by atoms with Crippen molar-refractivity contribution in [3.05, 3.63) is 53.2 Å². The van der Waals surface area contributed by atoms with Crippen molar-refractivity contribution in [3.63, 3.8) is 0 Å². The number of hydrogen-bond donors (Lipinski definition) is 2. The largest absolute Gasteiger partial charge is 0.468 e. The number of halogens is 1. The fraction of sp³-hybridized carbons (Fsp3) is 0.500. The van der Waals surface area contributed by atoms with Crippen LogP contribution in [0.15, 0.2) is 46.1 Å². The summed E-state index contributed by atoms with van der Waals surface area (Å²) in [4.78, 5) is 11.3. The molecule has 0 saturated carbocycles. The van der Waals surface area contributed by atoms with Gasteiger partial charge in [-0.25, -0.2) is 9.98 Å². The predicted octanol–water partition coefficient (Wildman–Crippen LogP) is 3.61. The topological polar surface area (TPSA) is 65.7 Å². The fourth-order valence-corrected chi connectivity index (χ4v) is 3.44. The van der Waals surface area contributed by atoms with Gasteiger partial charge < -0.3 is 15.1 Å². The first-order valence-electron chi connectivity index (χ1n) is 9.66. The average molecular weight is 390 g/mol. The molecule has 2 aromatic rings. The Morgan fingerprint density at radius 2 is 2.11 bits per heavy atom. The Bertz CT molecular complexity index is 696. The minimum absolute atomic E-state index is 0.210. The van der Waals surface area contributed by atoms with Gasteiger partial charge in [-0.1, -0.05) is 24.1 Å². The minimum atomic E-state index is 0.210. The van der Waals surface area contributed by atoms with Gasteiger partial charge in [-0.05, 0) is 56.6 Å². The van der Waals surface area contributed by atoms with Crippen LogP contribution in [0.3, 0.4) is 0 Å². The molecule has 1 aliphatic rings. The first-order valence-corrected chi connectivity index (χ1v) is 10.0. The van der Waals surface area contributed by atoms with Gasteiger partial charge in [0.15, 0.2) is 5.96 Å². The number of nitrogens with zero attached hydrogens (tertiary/aromatic N) is 3. The second-order valence-electron chi connectivity index (χ2n) is 6.69. The molecule has 2 aromatic heterocycles. The van der Waals surface area contributed by atoms with E-state index in [9.17, 15) is 0 Å². The number of hydrogen-bond acceptors (Lipinski definition) is 4. The van der Waals surface area contributed by atoms with Crippen molar-refractivity contribution in [2.45, 2.75) is 38.8 Å². The third-order valence-electron chi connectivity index (χ3n) is 4.72. The molecule has 3 rings (SSSR count). The lowest BCUT2D eigenvalue weighted by atomic mass is 10.1. The van der Waals surface area contributed by atoms with E-state index in [0.717, 1.165) is 43.5 Å². The monoisotopic (exact) mass is 389 g/mol. The second kappa shape index (κ2) is 10.3. The molecule has 0 aliphatic carbocycles. The van der Waals surface area contributed by atoms with Crippen molar-refractivity contribution >= 4 is 17.6 Å². The summed E-state index contributed by atoms with van der Waals surface area (Å²) < 4.78 is 5.72. The number of rotatable bonds is 7. The van der Waals surface area contributed by atoms with Crippen LogP contribution in [0.4, 0.5) is 0 Å². The van der Waals surface area contributed by atoms with Crippen molar-refractivity contribution in [2.75, 3.05) is 26.2 Å². The smallest absolute Gasteiger partial charge is 0.191 e. The molecule has 1 aliphatic heterocycles. The van der Waals surface area contributed by atoms with E-state index in [1.807, 2.05) is 12.1 Å². The third kappa shape index (κ3) is 5.97. The van der Waals surface area contributed by atoms with Crippen LogP contribution >= 0.6 is 11.6 Å². The van der Waals surface area contributed by atoms with Crippen molar-refractivity contribution in [1.82, 2.24) is 20.5 Å². The summed E-state index contributed by atoms with van der Waals surface area (Å²) in [6.45, 7) is 6.39. The van der Waals surface area contributed by atoms with Crippen molar-refractivity contribution in [3.8, 4) is 0 Å². The molecule has 1 atom stereocenters. The summed E-state index contributed by atoms with van der Waals surface area (Å²) in [7, 11) is 0. The highest BCUT2D eigenvalue weighted by Crippen LogP contribution is 2.24. The van der Waals surface area contributed by atoms with E-state index in [2.05, 4.69) is 38.5 Å². The van der Waals surface area contributed by atoms with E-state index in [-0.39, 0.29) is 6.04 Å².